The molecule has 0 spiro atoms. The lowest BCUT2D eigenvalue weighted by Crippen LogP contribution is -2.23. The molecule has 1 rings (SSSR count). The van der Waals surface area contributed by atoms with Crippen LogP contribution in [0.3, 0.4) is 0 Å². The van der Waals surface area contributed by atoms with Gasteiger partial charge in [0, 0.05) is 25.5 Å². The highest BCUT2D eigenvalue weighted by molar-refractivity contribution is 9.10. The van der Waals surface area contributed by atoms with E-state index in [2.05, 4.69) is 43.5 Å². The summed E-state index contributed by atoms with van der Waals surface area (Å²) < 4.78 is 0.896. The summed E-state index contributed by atoms with van der Waals surface area (Å²) in [6.45, 7) is 5.00. The van der Waals surface area contributed by atoms with E-state index in [-0.39, 0.29) is 0 Å². The topological polar surface area (TPSA) is 49.8 Å². The van der Waals surface area contributed by atoms with Crippen molar-refractivity contribution in [2.45, 2.75) is 13.3 Å². The molecule has 0 aliphatic rings. The third-order valence-electron chi connectivity index (χ3n) is 1.63. The largest absolute Gasteiger partial charge is 0.353 e. The molecule has 0 atom stereocenters. The molecule has 1 aromatic rings. The highest BCUT2D eigenvalue weighted by Crippen LogP contribution is 2.05. The van der Waals surface area contributed by atoms with Gasteiger partial charge in [0.05, 0.1) is 4.47 Å². The van der Waals surface area contributed by atoms with Crippen LogP contribution in [0.5, 0.6) is 0 Å². The van der Waals surface area contributed by atoms with Crippen molar-refractivity contribution in [3.63, 3.8) is 0 Å². The van der Waals surface area contributed by atoms with Crippen molar-refractivity contribution in [1.29, 1.82) is 0 Å². The van der Waals surface area contributed by atoms with Gasteiger partial charge < -0.3 is 10.6 Å². The summed E-state index contributed by atoms with van der Waals surface area (Å²) in [5, 5.41) is 6.41. The van der Waals surface area contributed by atoms with E-state index in [1.807, 2.05) is 0 Å². The van der Waals surface area contributed by atoms with Gasteiger partial charge in [0.1, 0.15) is 0 Å². The zero-order chi connectivity index (χ0) is 10.2. The normalized spacial score (nSPS) is 10.1. The number of rotatable bonds is 6. The summed E-state index contributed by atoms with van der Waals surface area (Å²) in [7, 11) is 0. The van der Waals surface area contributed by atoms with Crippen LogP contribution < -0.4 is 10.6 Å². The summed E-state index contributed by atoms with van der Waals surface area (Å²) >= 11 is 3.28. The lowest BCUT2D eigenvalue weighted by Gasteiger charge is -2.04. The number of nitrogens with one attached hydrogen (secondary N) is 2. The fourth-order valence-corrected chi connectivity index (χ4v) is 1.17. The van der Waals surface area contributed by atoms with Crippen LogP contribution in [0.2, 0.25) is 0 Å². The Labute approximate surface area is 92.7 Å². The zero-order valence-electron chi connectivity index (χ0n) is 8.26. The number of hydrogen-bond acceptors (Lipinski definition) is 4. The number of hydrogen-bond donors (Lipinski definition) is 2. The smallest absolute Gasteiger partial charge is 0.222 e. The highest BCUT2D eigenvalue weighted by atomic mass is 79.9. The Hall–Kier alpha value is -0.680. The monoisotopic (exact) mass is 258 g/mol. The third-order valence-corrected chi connectivity index (χ3v) is 2.04. The second kappa shape index (κ2) is 6.73. The van der Waals surface area contributed by atoms with Gasteiger partial charge in [-0.05, 0) is 28.9 Å². The Morgan fingerprint density at radius 1 is 1.21 bits per heavy atom. The molecule has 78 valence electrons. The van der Waals surface area contributed by atoms with Gasteiger partial charge in [-0.2, -0.15) is 0 Å². The molecule has 0 fully saturated rings. The maximum atomic E-state index is 4.10. The maximum Gasteiger partial charge on any atom is 0.222 e. The van der Waals surface area contributed by atoms with Crippen molar-refractivity contribution >= 4 is 21.9 Å². The van der Waals surface area contributed by atoms with E-state index in [0.29, 0.717) is 5.95 Å². The zero-order valence-corrected chi connectivity index (χ0v) is 9.84. The predicted octanol–water partition coefficient (Wildman–Crippen LogP) is 1.65. The first-order valence-corrected chi connectivity index (χ1v) is 5.54. The first kappa shape index (κ1) is 11.4. The molecular formula is C9H15BrN4. The molecule has 0 bridgehead atoms. The van der Waals surface area contributed by atoms with Crippen molar-refractivity contribution in [2.24, 2.45) is 0 Å². The molecule has 4 nitrogen and oxygen atoms in total. The van der Waals surface area contributed by atoms with Crippen LogP contribution in [0, 0.1) is 0 Å². The van der Waals surface area contributed by atoms with E-state index in [9.17, 15) is 0 Å². The van der Waals surface area contributed by atoms with E-state index in [1.165, 1.54) is 0 Å². The van der Waals surface area contributed by atoms with Gasteiger partial charge in [0.2, 0.25) is 5.95 Å². The standard InChI is InChI=1S/C9H15BrN4/c1-2-3-11-4-5-12-9-13-6-8(10)7-14-9/h6-7,11H,2-5H2,1H3,(H,12,13,14). The summed E-state index contributed by atoms with van der Waals surface area (Å²) in [4.78, 5) is 8.20. The second-order valence-corrected chi connectivity index (χ2v) is 3.82. The van der Waals surface area contributed by atoms with Crippen molar-refractivity contribution in [3.8, 4) is 0 Å². The molecule has 1 aromatic heterocycles. The summed E-state index contributed by atoms with van der Waals surface area (Å²) in [6, 6.07) is 0. The van der Waals surface area contributed by atoms with Gasteiger partial charge in [-0.1, -0.05) is 6.92 Å². The van der Waals surface area contributed by atoms with Gasteiger partial charge in [0.15, 0.2) is 0 Å². The third kappa shape index (κ3) is 4.53. The van der Waals surface area contributed by atoms with Gasteiger partial charge in [-0.25, -0.2) is 9.97 Å². The molecule has 0 saturated carbocycles. The average molecular weight is 259 g/mol. The van der Waals surface area contributed by atoms with Crippen LogP contribution in [0.4, 0.5) is 5.95 Å². The molecule has 0 saturated heterocycles. The van der Waals surface area contributed by atoms with Crippen LogP contribution in [0.15, 0.2) is 16.9 Å². The predicted molar refractivity (Wildman–Crippen MR) is 61.4 cm³/mol. The Bertz CT molecular complexity index is 249. The molecule has 0 radical (unpaired) electrons. The van der Waals surface area contributed by atoms with E-state index in [0.717, 1.165) is 30.5 Å². The van der Waals surface area contributed by atoms with Gasteiger partial charge in [-0.15, -0.1) is 0 Å². The highest BCUT2D eigenvalue weighted by Gasteiger charge is 1.93. The quantitative estimate of drug-likeness (QED) is 0.763. The summed E-state index contributed by atoms with van der Waals surface area (Å²) in [5.41, 5.74) is 0. The number of nitrogens with zero attached hydrogens (tertiary/aromatic N) is 2. The Kier molecular flexibility index (Phi) is 5.47. The van der Waals surface area contributed by atoms with E-state index < -0.39 is 0 Å². The Morgan fingerprint density at radius 2 is 1.93 bits per heavy atom. The number of anilines is 1. The molecule has 0 unspecified atom stereocenters. The van der Waals surface area contributed by atoms with Gasteiger partial charge in [0.25, 0.3) is 0 Å². The van der Waals surface area contributed by atoms with Crippen LogP contribution in [0.1, 0.15) is 13.3 Å². The molecule has 14 heavy (non-hydrogen) atoms. The molecule has 2 N–H and O–H groups in total. The molecule has 0 aliphatic heterocycles. The van der Waals surface area contributed by atoms with Crippen molar-refractivity contribution in [2.75, 3.05) is 25.0 Å². The van der Waals surface area contributed by atoms with Crippen LogP contribution >= 0.6 is 15.9 Å². The number of halogens is 1. The summed E-state index contributed by atoms with van der Waals surface area (Å²) in [5.74, 6) is 0.673. The molecule has 0 amide bonds. The minimum absolute atomic E-state index is 0.673. The molecule has 5 heteroatoms. The van der Waals surface area contributed by atoms with E-state index in [4.69, 9.17) is 0 Å². The summed E-state index contributed by atoms with van der Waals surface area (Å²) in [6.07, 6.45) is 4.62. The van der Waals surface area contributed by atoms with E-state index in [1.54, 1.807) is 12.4 Å². The van der Waals surface area contributed by atoms with Crippen molar-refractivity contribution in [3.05, 3.63) is 16.9 Å². The van der Waals surface area contributed by atoms with Gasteiger partial charge in [-0.3, -0.25) is 0 Å². The first-order chi connectivity index (χ1) is 6.83. The minimum atomic E-state index is 0.673. The van der Waals surface area contributed by atoms with Crippen molar-refractivity contribution in [1.82, 2.24) is 15.3 Å². The first-order valence-electron chi connectivity index (χ1n) is 4.75. The lowest BCUT2D eigenvalue weighted by molar-refractivity contribution is 0.686. The molecular weight excluding hydrogens is 244 g/mol. The Morgan fingerprint density at radius 3 is 2.57 bits per heavy atom. The molecule has 1 heterocycles. The van der Waals surface area contributed by atoms with Crippen LogP contribution in [-0.2, 0) is 0 Å². The fraction of sp³-hybridized carbons (Fsp3) is 0.556. The fourth-order valence-electron chi connectivity index (χ4n) is 0.968. The second-order valence-electron chi connectivity index (χ2n) is 2.90. The van der Waals surface area contributed by atoms with E-state index >= 15 is 0 Å². The lowest BCUT2D eigenvalue weighted by atomic mass is 10.5. The average Bonchev–Trinajstić information content (AvgIpc) is 2.21. The Balaban J connectivity index is 2.15. The molecule has 0 aliphatic carbocycles. The van der Waals surface area contributed by atoms with Crippen LogP contribution in [0.25, 0.3) is 0 Å². The molecule has 0 aromatic carbocycles. The van der Waals surface area contributed by atoms with Crippen molar-refractivity contribution < 1.29 is 0 Å². The SMILES string of the molecule is CCCNCCNc1ncc(Br)cn1. The minimum Gasteiger partial charge on any atom is -0.353 e. The number of aromatic nitrogens is 2. The maximum absolute atomic E-state index is 4.10. The van der Waals surface area contributed by atoms with Gasteiger partial charge >= 0.3 is 0 Å². The van der Waals surface area contributed by atoms with Crippen LogP contribution in [-0.4, -0.2) is 29.6 Å².